The van der Waals surface area contributed by atoms with Gasteiger partial charge in [0.1, 0.15) is 5.15 Å². The molecule has 1 aliphatic rings. The van der Waals surface area contributed by atoms with Crippen LogP contribution in [0.5, 0.6) is 0 Å². The summed E-state index contributed by atoms with van der Waals surface area (Å²) in [4.78, 5) is 17.6. The van der Waals surface area contributed by atoms with Crippen molar-refractivity contribution >= 4 is 17.6 Å². The molecule has 0 saturated carbocycles. The summed E-state index contributed by atoms with van der Waals surface area (Å²) in [5.74, 6) is -0.568. The lowest BCUT2D eigenvalue weighted by atomic mass is 9.91. The standard InChI is InChI=1S/C14H19ClN2O3/c1-20-14(19)12(18)10-4-7-17(8-5-10)9-11-3-2-6-16-13(11)15/h2-3,6,10,12,18H,4-5,7-9H2,1H3. The van der Waals surface area contributed by atoms with Gasteiger partial charge in [0.15, 0.2) is 6.10 Å². The Hall–Kier alpha value is -1.17. The zero-order valence-electron chi connectivity index (χ0n) is 11.5. The molecule has 1 saturated heterocycles. The van der Waals surface area contributed by atoms with Crippen LogP contribution in [0.1, 0.15) is 18.4 Å². The number of piperidine rings is 1. The fourth-order valence-corrected chi connectivity index (χ4v) is 2.70. The van der Waals surface area contributed by atoms with E-state index in [4.69, 9.17) is 11.6 Å². The van der Waals surface area contributed by atoms with Gasteiger partial charge in [-0.05, 0) is 37.9 Å². The van der Waals surface area contributed by atoms with E-state index < -0.39 is 12.1 Å². The number of ether oxygens (including phenoxy) is 1. The smallest absolute Gasteiger partial charge is 0.334 e. The number of aromatic nitrogens is 1. The van der Waals surface area contributed by atoms with Gasteiger partial charge in [-0.1, -0.05) is 17.7 Å². The molecule has 0 bridgehead atoms. The van der Waals surface area contributed by atoms with E-state index in [0.29, 0.717) is 5.15 Å². The lowest BCUT2D eigenvalue weighted by Gasteiger charge is -2.33. The number of rotatable bonds is 4. The zero-order valence-corrected chi connectivity index (χ0v) is 12.2. The van der Waals surface area contributed by atoms with Gasteiger partial charge in [0.25, 0.3) is 0 Å². The summed E-state index contributed by atoms with van der Waals surface area (Å²) < 4.78 is 4.58. The molecular weight excluding hydrogens is 280 g/mol. The van der Waals surface area contributed by atoms with Gasteiger partial charge in [0.05, 0.1) is 7.11 Å². The summed E-state index contributed by atoms with van der Waals surface area (Å²) in [5, 5.41) is 10.4. The Balaban J connectivity index is 1.86. The molecule has 1 aromatic rings. The van der Waals surface area contributed by atoms with Gasteiger partial charge >= 0.3 is 5.97 Å². The van der Waals surface area contributed by atoms with Gasteiger partial charge in [-0.3, -0.25) is 4.90 Å². The number of esters is 1. The maximum Gasteiger partial charge on any atom is 0.334 e. The molecule has 2 heterocycles. The van der Waals surface area contributed by atoms with Gasteiger partial charge in [-0.2, -0.15) is 0 Å². The number of aliphatic hydroxyl groups is 1. The maximum atomic E-state index is 11.3. The highest BCUT2D eigenvalue weighted by molar-refractivity contribution is 6.30. The van der Waals surface area contributed by atoms with Crippen molar-refractivity contribution in [3.63, 3.8) is 0 Å². The minimum Gasteiger partial charge on any atom is -0.467 e. The number of nitrogens with zero attached hydrogens (tertiary/aromatic N) is 2. The summed E-state index contributed by atoms with van der Waals surface area (Å²) in [5.41, 5.74) is 1.00. The summed E-state index contributed by atoms with van der Waals surface area (Å²) in [6, 6.07) is 3.83. The summed E-state index contributed by atoms with van der Waals surface area (Å²) in [6.07, 6.45) is 2.21. The third kappa shape index (κ3) is 3.69. The summed E-state index contributed by atoms with van der Waals surface area (Å²) >= 11 is 6.04. The topological polar surface area (TPSA) is 62.7 Å². The number of methoxy groups -OCH3 is 1. The molecule has 1 fully saturated rings. The van der Waals surface area contributed by atoms with E-state index in [0.717, 1.165) is 38.0 Å². The number of aliphatic hydroxyl groups excluding tert-OH is 1. The first-order valence-corrected chi connectivity index (χ1v) is 7.07. The molecule has 0 amide bonds. The Kier molecular flexibility index (Phi) is 5.34. The molecule has 1 aromatic heterocycles. The van der Waals surface area contributed by atoms with Crippen molar-refractivity contribution in [2.45, 2.75) is 25.5 Å². The molecular formula is C14H19ClN2O3. The first-order chi connectivity index (χ1) is 9.61. The molecule has 20 heavy (non-hydrogen) atoms. The SMILES string of the molecule is COC(=O)C(O)C1CCN(Cc2cccnc2Cl)CC1. The van der Waals surface area contributed by atoms with Crippen molar-refractivity contribution in [2.24, 2.45) is 5.92 Å². The number of carbonyl (C=O) groups is 1. The average Bonchev–Trinajstić information content (AvgIpc) is 2.49. The number of halogens is 1. The van der Waals surface area contributed by atoms with E-state index in [-0.39, 0.29) is 5.92 Å². The largest absolute Gasteiger partial charge is 0.467 e. The van der Waals surface area contributed by atoms with Crippen LogP contribution in [0, 0.1) is 5.92 Å². The Morgan fingerprint density at radius 2 is 2.30 bits per heavy atom. The van der Waals surface area contributed by atoms with Crippen molar-refractivity contribution in [3.8, 4) is 0 Å². The Labute approximate surface area is 123 Å². The molecule has 6 heteroatoms. The molecule has 1 N–H and O–H groups in total. The second kappa shape index (κ2) is 7.02. The summed E-state index contributed by atoms with van der Waals surface area (Å²) in [7, 11) is 1.30. The van der Waals surface area contributed by atoms with E-state index in [9.17, 15) is 9.90 Å². The Bertz CT molecular complexity index is 461. The van der Waals surface area contributed by atoms with Crippen LogP contribution in [0.3, 0.4) is 0 Å². The predicted octanol–water partition coefficient (Wildman–Crippen LogP) is 1.48. The van der Waals surface area contributed by atoms with Crippen molar-refractivity contribution in [1.29, 1.82) is 0 Å². The quantitative estimate of drug-likeness (QED) is 0.674. The van der Waals surface area contributed by atoms with E-state index in [2.05, 4.69) is 14.6 Å². The van der Waals surface area contributed by atoms with E-state index >= 15 is 0 Å². The minimum absolute atomic E-state index is 0.0249. The monoisotopic (exact) mass is 298 g/mol. The maximum absolute atomic E-state index is 11.3. The van der Waals surface area contributed by atoms with Crippen LogP contribution in [0.15, 0.2) is 18.3 Å². The lowest BCUT2D eigenvalue weighted by molar-refractivity contribution is -0.154. The van der Waals surface area contributed by atoms with Crippen molar-refractivity contribution in [3.05, 3.63) is 29.0 Å². The first-order valence-electron chi connectivity index (χ1n) is 6.69. The lowest BCUT2D eigenvalue weighted by Crippen LogP contribution is -2.40. The van der Waals surface area contributed by atoms with Crippen LogP contribution in [0.4, 0.5) is 0 Å². The van der Waals surface area contributed by atoms with Crippen LogP contribution in [0.2, 0.25) is 5.15 Å². The fraction of sp³-hybridized carbons (Fsp3) is 0.571. The number of likely N-dealkylation sites (tertiary alicyclic amines) is 1. The molecule has 0 spiro atoms. The fourth-order valence-electron chi connectivity index (χ4n) is 2.52. The molecule has 1 aliphatic heterocycles. The third-order valence-electron chi connectivity index (χ3n) is 3.75. The second-order valence-electron chi connectivity index (χ2n) is 5.03. The first kappa shape index (κ1) is 15.2. The Morgan fingerprint density at radius 1 is 1.60 bits per heavy atom. The third-order valence-corrected chi connectivity index (χ3v) is 4.09. The molecule has 0 aromatic carbocycles. The molecule has 5 nitrogen and oxygen atoms in total. The predicted molar refractivity (Wildman–Crippen MR) is 75.3 cm³/mol. The van der Waals surface area contributed by atoms with Crippen LogP contribution >= 0.6 is 11.6 Å². The van der Waals surface area contributed by atoms with Gasteiger partial charge < -0.3 is 9.84 Å². The normalized spacial score (nSPS) is 18.8. The Morgan fingerprint density at radius 3 is 2.90 bits per heavy atom. The van der Waals surface area contributed by atoms with Crippen molar-refractivity contribution in [1.82, 2.24) is 9.88 Å². The highest BCUT2D eigenvalue weighted by Gasteiger charge is 2.30. The van der Waals surface area contributed by atoms with Gasteiger partial charge in [-0.15, -0.1) is 0 Å². The van der Waals surface area contributed by atoms with Gasteiger partial charge in [-0.25, -0.2) is 9.78 Å². The van der Waals surface area contributed by atoms with Gasteiger partial charge in [0.2, 0.25) is 0 Å². The molecule has 0 aliphatic carbocycles. The average molecular weight is 299 g/mol. The number of carbonyl (C=O) groups excluding carboxylic acids is 1. The molecule has 1 atom stereocenters. The van der Waals surface area contributed by atoms with E-state index in [1.807, 2.05) is 12.1 Å². The van der Waals surface area contributed by atoms with Crippen molar-refractivity contribution < 1.29 is 14.6 Å². The molecule has 1 unspecified atom stereocenters. The number of hydrogen-bond acceptors (Lipinski definition) is 5. The second-order valence-corrected chi connectivity index (χ2v) is 5.39. The molecule has 2 rings (SSSR count). The van der Waals surface area contributed by atoms with Crippen LogP contribution < -0.4 is 0 Å². The minimum atomic E-state index is -1.01. The zero-order chi connectivity index (χ0) is 14.5. The van der Waals surface area contributed by atoms with Crippen molar-refractivity contribution in [2.75, 3.05) is 20.2 Å². The summed E-state index contributed by atoms with van der Waals surface area (Å²) in [6.45, 7) is 2.39. The molecule has 110 valence electrons. The number of pyridine rings is 1. The number of hydrogen-bond donors (Lipinski definition) is 1. The highest BCUT2D eigenvalue weighted by atomic mass is 35.5. The van der Waals surface area contributed by atoms with E-state index in [1.54, 1.807) is 6.20 Å². The molecule has 0 radical (unpaired) electrons. The van der Waals surface area contributed by atoms with Crippen LogP contribution in [-0.2, 0) is 16.1 Å². The van der Waals surface area contributed by atoms with E-state index in [1.165, 1.54) is 7.11 Å². The van der Waals surface area contributed by atoms with Gasteiger partial charge in [0, 0.05) is 18.3 Å². The highest BCUT2D eigenvalue weighted by Crippen LogP contribution is 2.23. The van der Waals surface area contributed by atoms with Crippen LogP contribution in [0.25, 0.3) is 0 Å². The van der Waals surface area contributed by atoms with Crippen LogP contribution in [-0.4, -0.2) is 47.3 Å².